The lowest BCUT2D eigenvalue weighted by Crippen LogP contribution is -2.24. The van der Waals surface area contributed by atoms with Crippen molar-refractivity contribution < 1.29 is 17.3 Å². The van der Waals surface area contributed by atoms with Crippen LogP contribution in [-0.4, -0.2) is 21.1 Å². The van der Waals surface area contributed by atoms with Crippen LogP contribution in [0.2, 0.25) is 0 Å². The van der Waals surface area contributed by atoms with Gasteiger partial charge < -0.3 is 4.74 Å². The minimum Gasteiger partial charge on any atom is -0.491 e. The zero-order valence-corrected chi connectivity index (χ0v) is 13.5. The highest BCUT2D eigenvalue weighted by Crippen LogP contribution is 2.17. The summed E-state index contributed by atoms with van der Waals surface area (Å²) in [5.41, 5.74) is 0.999. The van der Waals surface area contributed by atoms with E-state index in [1.165, 1.54) is 0 Å². The molecular weight excluding hydrogens is 300 g/mol. The fourth-order valence-electron chi connectivity index (χ4n) is 1.86. The van der Waals surface area contributed by atoms with E-state index >= 15 is 0 Å². The molecule has 0 amide bonds. The van der Waals surface area contributed by atoms with Gasteiger partial charge in [-0.25, -0.2) is 0 Å². The normalized spacial score (nSPS) is 12.8. The largest absolute Gasteiger partial charge is 0.491 e. The quantitative estimate of drug-likeness (QED) is 0.732. The smallest absolute Gasteiger partial charge is 0.297 e. The zero-order valence-electron chi connectivity index (χ0n) is 12.7. The van der Waals surface area contributed by atoms with Crippen LogP contribution in [0, 0.1) is 6.92 Å². The van der Waals surface area contributed by atoms with Crippen LogP contribution < -0.4 is 4.74 Å². The average Bonchev–Trinajstić information content (AvgIpc) is 2.52. The molecule has 0 aliphatic heterocycles. The van der Waals surface area contributed by atoms with E-state index in [0.717, 1.165) is 5.56 Å². The van der Waals surface area contributed by atoms with Crippen LogP contribution >= 0.6 is 0 Å². The highest BCUT2D eigenvalue weighted by molar-refractivity contribution is 7.86. The van der Waals surface area contributed by atoms with E-state index < -0.39 is 16.2 Å². The lowest BCUT2D eigenvalue weighted by Gasteiger charge is -2.16. The summed E-state index contributed by atoms with van der Waals surface area (Å²) in [5, 5.41) is 0. The topological polar surface area (TPSA) is 52.6 Å². The van der Waals surface area contributed by atoms with Crippen LogP contribution in [-0.2, 0) is 14.3 Å². The van der Waals surface area contributed by atoms with Crippen LogP contribution in [0.5, 0.6) is 5.75 Å². The molecule has 1 unspecified atom stereocenters. The summed E-state index contributed by atoms with van der Waals surface area (Å²) in [5.74, 6) is 0.692. The number of ether oxygens (including phenoxy) is 1. The van der Waals surface area contributed by atoms with Gasteiger partial charge >= 0.3 is 0 Å². The summed E-state index contributed by atoms with van der Waals surface area (Å²) in [6, 6.07) is 15.9. The first kappa shape index (κ1) is 16.5. The van der Waals surface area contributed by atoms with Crippen molar-refractivity contribution >= 4 is 10.1 Å². The Kier molecular flexibility index (Phi) is 5.57. The summed E-state index contributed by atoms with van der Waals surface area (Å²) in [7, 11) is -3.77. The number of benzene rings is 2. The monoisotopic (exact) mass is 320 g/mol. The van der Waals surface area contributed by atoms with Gasteiger partial charge in [-0.15, -0.1) is 0 Å². The molecule has 4 nitrogen and oxygen atoms in total. The molecule has 0 aliphatic carbocycles. The average molecular weight is 320 g/mol. The van der Waals surface area contributed by atoms with E-state index in [-0.39, 0.29) is 11.5 Å². The van der Waals surface area contributed by atoms with Crippen molar-refractivity contribution in [3.05, 3.63) is 60.2 Å². The Morgan fingerprint density at radius 1 is 1.00 bits per heavy atom. The van der Waals surface area contributed by atoms with Gasteiger partial charge in [0.2, 0.25) is 0 Å². The molecule has 118 valence electrons. The molecule has 1 atom stereocenters. The maximum absolute atomic E-state index is 12.2. The number of aryl methyl sites for hydroxylation is 1. The van der Waals surface area contributed by atoms with Crippen molar-refractivity contribution in [1.82, 2.24) is 0 Å². The molecule has 2 aromatic carbocycles. The van der Waals surface area contributed by atoms with Crippen molar-refractivity contribution in [2.24, 2.45) is 0 Å². The summed E-state index contributed by atoms with van der Waals surface area (Å²) in [4.78, 5) is 0.163. The number of rotatable bonds is 7. The Bertz CT molecular complexity index is 678. The van der Waals surface area contributed by atoms with Crippen molar-refractivity contribution in [3.63, 3.8) is 0 Å². The van der Waals surface area contributed by atoms with Gasteiger partial charge in [0, 0.05) is 0 Å². The molecule has 22 heavy (non-hydrogen) atoms. The third kappa shape index (κ3) is 4.58. The van der Waals surface area contributed by atoms with Crippen molar-refractivity contribution in [2.75, 3.05) is 6.61 Å². The third-order valence-electron chi connectivity index (χ3n) is 3.21. The Morgan fingerprint density at radius 3 is 2.23 bits per heavy atom. The third-order valence-corrected chi connectivity index (χ3v) is 4.58. The molecule has 0 heterocycles. The summed E-state index contributed by atoms with van der Waals surface area (Å²) in [6.45, 7) is 3.95. The standard InChI is InChI=1S/C17H20O4S/c1-3-15(13-20-16-7-5-4-6-8-16)21-22(18,19)17-11-9-14(2)10-12-17/h4-12,15H,3,13H2,1-2H3. The van der Waals surface area contributed by atoms with Gasteiger partial charge in [-0.2, -0.15) is 8.42 Å². The molecule has 2 aromatic rings. The maximum Gasteiger partial charge on any atom is 0.297 e. The van der Waals surface area contributed by atoms with Gasteiger partial charge in [0.25, 0.3) is 10.1 Å². The minimum atomic E-state index is -3.77. The first-order valence-corrected chi connectivity index (χ1v) is 8.60. The van der Waals surface area contributed by atoms with Crippen molar-refractivity contribution in [3.8, 4) is 5.75 Å². The molecule has 0 N–H and O–H groups in total. The van der Waals surface area contributed by atoms with Gasteiger partial charge in [-0.05, 0) is 37.6 Å². The molecule has 0 saturated carbocycles. The molecule has 0 bridgehead atoms. The molecule has 0 spiro atoms. The van der Waals surface area contributed by atoms with Gasteiger partial charge in [0.15, 0.2) is 0 Å². The Hall–Kier alpha value is -1.85. The Labute approximate surface area is 131 Å². The minimum absolute atomic E-state index is 0.163. The van der Waals surface area contributed by atoms with Crippen LogP contribution in [0.15, 0.2) is 59.5 Å². The highest BCUT2D eigenvalue weighted by Gasteiger charge is 2.21. The first-order chi connectivity index (χ1) is 10.5. The second-order valence-electron chi connectivity index (χ2n) is 5.02. The predicted octanol–water partition coefficient (Wildman–Crippen LogP) is 3.56. The van der Waals surface area contributed by atoms with E-state index in [9.17, 15) is 8.42 Å². The molecule has 0 fully saturated rings. The second-order valence-corrected chi connectivity index (χ2v) is 6.59. The van der Waals surface area contributed by atoms with Gasteiger partial charge in [0.05, 0.1) is 4.90 Å². The summed E-state index contributed by atoms with van der Waals surface area (Å²) >= 11 is 0. The zero-order chi connectivity index (χ0) is 16.0. The van der Waals surface area contributed by atoms with E-state index in [1.54, 1.807) is 24.3 Å². The van der Waals surface area contributed by atoms with Gasteiger partial charge in [-0.1, -0.05) is 42.8 Å². The van der Waals surface area contributed by atoms with E-state index in [4.69, 9.17) is 8.92 Å². The number of para-hydroxylation sites is 1. The van der Waals surface area contributed by atoms with Crippen LogP contribution in [0.25, 0.3) is 0 Å². The fraction of sp³-hybridized carbons (Fsp3) is 0.294. The molecule has 0 saturated heterocycles. The lowest BCUT2D eigenvalue weighted by molar-refractivity contribution is 0.131. The van der Waals surface area contributed by atoms with E-state index in [2.05, 4.69) is 0 Å². The maximum atomic E-state index is 12.2. The Morgan fingerprint density at radius 2 is 1.64 bits per heavy atom. The second kappa shape index (κ2) is 7.42. The molecule has 0 aromatic heterocycles. The first-order valence-electron chi connectivity index (χ1n) is 7.19. The van der Waals surface area contributed by atoms with Crippen molar-refractivity contribution in [2.45, 2.75) is 31.3 Å². The van der Waals surface area contributed by atoms with E-state index in [0.29, 0.717) is 12.2 Å². The molecule has 2 rings (SSSR count). The van der Waals surface area contributed by atoms with E-state index in [1.807, 2.05) is 44.2 Å². The van der Waals surface area contributed by atoms with Gasteiger partial charge in [-0.3, -0.25) is 4.18 Å². The SMILES string of the molecule is CCC(COc1ccccc1)OS(=O)(=O)c1ccc(C)cc1. The fourth-order valence-corrected chi connectivity index (χ4v) is 2.99. The Balaban J connectivity index is 2.01. The molecule has 0 radical (unpaired) electrons. The lowest BCUT2D eigenvalue weighted by atomic mass is 10.2. The molecule has 0 aliphatic rings. The number of hydrogen-bond acceptors (Lipinski definition) is 4. The van der Waals surface area contributed by atoms with Crippen molar-refractivity contribution in [1.29, 1.82) is 0 Å². The highest BCUT2D eigenvalue weighted by atomic mass is 32.2. The number of hydrogen-bond donors (Lipinski definition) is 0. The summed E-state index contributed by atoms with van der Waals surface area (Å²) < 4.78 is 35.3. The predicted molar refractivity (Wildman–Crippen MR) is 85.5 cm³/mol. The van der Waals surface area contributed by atoms with Crippen LogP contribution in [0.1, 0.15) is 18.9 Å². The van der Waals surface area contributed by atoms with Gasteiger partial charge in [0.1, 0.15) is 18.5 Å². The summed E-state index contributed by atoms with van der Waals surface area (Å²) in [6.07, 6.45) is 0.0179. The van der Waals surface area contributed by atoms with Crippen LogP contribution in [0.4, 0.5) is 0 Å². The molecule has 5 heteroatoms. The van der Waals surface area contributed by atoms with Crippen LogP contribution in [0.3, 0.4) is 0 Å². The molecular formula is C17H20O4S.